The van der Waals surface area contributed by atoms with Gasteiger partial charge in [0.2, 0.25) is 5.16 Å². The number of H-pyrrole nitrogens is 1. The van der Waals surface area contributed by atoms with E-state index in [9.17, 15) is 14.9 Å². The number of nitrogens with one attached hydrogen (secondary N) is 1. The number of carboxylic acid groups (broad SMARTS) is 1. The predicted octanol–water partition coefficient (Wildman–Crippen LogP) is 1.27. The molecule has 0 saturated heterocycles. The molecule has 0 bridgehead atoms. The highest BCUT2D eigenvalue weighted by Crippen LogP contribution is 2.28. The minimum atomic E-state index is -1.30. The number of aromatic amines is 1. The topological polar surface area (TPSA) is 135 Å². The maximum absolute atomic E-state index is 11.1. The Morgan fingerprint density at radius 2 is 2.32 bits per heavy atom. The number of nitro groups is 1. The lowest BCUT2D eigenvalue weighted by molar-refractivity contribution is -0.385. The van der Waals surface area contributed by atoms with E-state index in [4.69, 9.17) is 5.11 Å². The highest BCUT2D eigenvalue weighted by molar-refractivity contribution is 7.99. The smallest absolute Gasteiger partial charge is 0.338 e. The summed E-state index contributed by atoms with van der Waals surface area (Å²) in [6, 6.07) is 0.956. The molecule has 0 amide bonds. The normalized spacial score (nSPS) is 10.4. The first-order chi connectivity index (χ1) is 8.97. The fourth-order valence-corrected chi connectivity index (χ4v) is 2.04. The van der Waals surface area contributed by atoms with Crippen molar-refractivity contribution in [3.05, 3.63) is 33.8 Å². The van der Waals surface area contributed by atoms with E-state index in [0.717, 1.165) is 24.0 Å². The monoisotopic (exact) mass is 281 g/mol. The van der Waals surface area contributed by atoms with Crippen LogP contribution in [0, 0.1) is 17.0 Å². The number of nitrogens with zero attached hydrogens (tertiary/aromatic N) is 4. The van der Waals surface area contributed by atoms with Gasteiger partial charge in [0.05, 0.1) is 10.5 Å². The van der Waals surface area contributed by atoms with Gasteiger partial charge in [-0.1, -0.05) is 0 Å². The molecular weight excluding hydrogens is 274 g/mol. The number of aryl methyl sites for hydroxylation is 1. The molecule has 98 valence electrons. The Morgan fingerprint density at radius 1 is 1.58 bits per heavy atom. The number of hydrogen-bond donors (Lipinski definition) is 2. The number of aromatic nitrogens is 4. The highest BCUT2D eigenvalue weighted by atomic mass is 32.2. The summed E-state index contributed by atoms with van der Waals surface area (Å²) in [5, 5.41) is 26.4. The Labute approximate surface area is 110 Å². The van der Waals surface area contributed by atoms with Crippen molar-refractivity contribution < 1.29 is 14.8 Å². The van der Waals surface area contributed by atoms with E-state index in [1.54, 1.807) is 6.92 Å². The van der Waals surface area contributed by atoms with E-state index in [-0.39, 0.29) is 16.3 Å². The van der Waals surface area contributed by atoms with Crippen LogP contribution in [0.3, 0.4) is 0 Å². The van der Waals surface area contributed by atoms with Crippen LogP contribution in [0.5, 0.6) is 0 Å². The van der Waals surface area contributed by atoms with Crippen molar-refractivity contribution in [1.82, 2.24) is 20.2 Å². The molecule has 2 rings (SSSR count). The van der Waals surface area contributed by atoms with Crippen LogP contribution in [0.25, 0.3) is 0 Å². The molecule has 0 radical (unpaired) electrons. The Morgan fingerprint density at radius 3 is 2.84 bits per heavy atom. The highest BCUT2D eigenvalue weighted by Gasteiger charge is 2.19. The lowest BCUT2D eigenvalue weighted by atomic mass is 10.3. The lowest BCUT2D eigenvalue weighted by Crippen LogP contribution is -2.03. The van der Waals surface area contributed by atoms with E-state index >= 15 is 0 Å². The van der Waals surface area contributed by atoms with Crippen LogP contribution in [0.2, 0.25) is 0 Å². The largest absolute Gasteiger partial charge is 0.478 e. The molecule has 2 N–H and O–H groups in total. The summed E-state index contributed by atoms with van der Waals surface area (Å²) in [5.41, 5.74) is -0.644. The molecular formula is C9H7N5O4S. The van der Waals surface area contributed by atoms with Crippen LogP contribution >= 0.6 is 11.8 Å². The third kappa shape index (κ3) is 2.85. The third-order valence-corrected chi connectivity index (χ3v) is 2.93. The van der Waals surface area contributed by atoms with Gasteiger partial charge in [-0.3, -0.25) is 15.2 Å². The van der Waals surface area contributed by atoms with Gasteiger partial charge < -0.3 is 5.11 Å². The number of rotatable bonds is 4. The number of hydrogen-bond acceptors (Lipinski definition) is 7. The van der Waals surface area contributed by atoms with Gasteiger partial charge in [-0.05, 0) is 18.7 Å². The molecule has 0 aliphatic carbocycles. The molecule has 0 saturated carbocycles. The molecule has 2 heterocycles. The minimum Gasteiger partial charge on any atom is -0.478 e. The average Bonchev–Trinajstić information content (AvgIpc) is 2.74. The quantitative estimate of drug-likeness (QED) is 0.631. The molecule has 0 aliphatic heterocycles. The Hall–Kier alpha value is -2.49. The molecule has 10 heteroatoms. The summed E-state index contributed by atoms with van der Waals surface area (Å²) in [4.78, 5) is 28.7. The van der Waals surface area contributed by atoms with Crippen LogP contribution < -0.4 is 0 Å². The molecule has 0 fully saturated rings. The second-order valence-electron chi connectivity index (χ2n) is 3.41. The molecule has 0 atom stereocenters. The van der Waals surface area contributed by atoms with Crippen LogP contribution in [0.1, 0.15) is 16.2 Å². The maximum atomic E-state index is 11.1. The zero-order valence-electron chi connectivity index (χ0n) is 9.52. The van der Waals surface area contributed by atoms with Gasteiger partial charge in [0.1, 0.15) is 17.0 Å². The number of carbonyl (C=O) groups is 1. The van der Waals surface area contributed by atoms with Crippen molar-refractivity contribution in [2.24, 2.45) is 0 Å². The van der Waals surface area contributed by atoms with Crippen LogP contribution in [0.15, 0.2) is 22.4 Å². The van der Waals surface area contributed by atoms with Crippen molar-refractivity contribution in [3.8, 4) is 0 Å². The van der Waals surface area contributed by atoms with Gasteiger partial charge in [0, 0.05) is 6.07 Å². The Kier molecular flexibility index (Phi) is 3.42. The van der Waals surface area contributed by atoms with E-state index in [1.165, 1.54) is 0 Å². The second kappa shape index (κ2) is 5.02. The van der Waals surface area contributed by atoms with Gasteiger partial charge in [0.15, 0.2) is 0 Å². The first-order valence-corrected chi connectivity index (χ1v) is 5.73. The SMILES string of the molecule is Cc1nc(Sc2ncc([N+](=O)[O-])cc2C(=O)O)n[nH]1. The number of pyridine rings is 1. The van der Waals surface area contributed by atoms with Gasteiger partial charge in [-0.2, -0.15) is 0 Å². The van der Waals surface area contributed by atoms with Gasteiger partial charge in [-0.25, -0.2) is 14.8 Å². The van der Waals surface area contributed by atoms with E-state index in [1.807, 2.05) is 0 Å². The summed E-state index contributed by atoms with van der Waals surface area (Å²) >= 11 is 0.916. The van der Waals surface area contributed by atoms with Crippen molar-refractivity contribution in [2.45, 2.75) is 17.1 Å². The fourth-order valence-electron chi connectivity index (χ4n) is 1.23. The standard InChI is InChI=1S/C9H7N5O4S/c1-4-11-9(13-12-4)19-7-6(8(15)16)2-5(3-10-7)14(17)18/h2-3H,1H3,(H,15,16)(H,11,12,13). The third-order valence-electron chi connectivity index (χ3n) is 2.04. The zero-order chi connectivity index (χ0) is 14.0. The predicted molar refractivity (Wildman–Crippen MR) is 63.1 cm³/mol. The summed E-state index contributed by atoms with van der Waals surface area (Å²) in [5.74, 6) is -0.729. The number of carboxylic acids is 1. The first kappa shape index (κ1) is 13.0. The first-order valence-electron chi connectivity index (χ1n) is 4.92. The zero-order valence-corrected chi connectivity index (χ0v) is 10.3. The van der Waals surface area contributed by atoms with Crippen molar-refractivity contribution in [1.29, 1.82) is 0 Å². The van der Waals surface area contributed by atoms with E-state index in [2.05, 4.69) is 20.2 Å². The van der Waals surface area contributed by atoms with E-state index in [0.29, 0.717) is 11.0 Å². The molecule has 9 nitrogen and oxygen atoms in total. The van der Waals surface area contributed by atoms with Crippen LogP contribution in [0.4, 0.5) is 5.69 Å². The van der Waals surface area contributed by atoms with Gasteiger partial charge >= 0.3 is 5.97 Å². The maximum Gasteiger partial charge on any atom is 0.338 e. The summed E-state index contributed by atoms with van der Waals surface area (Å²) in [7, 11) is 0. The minimum absolute atomic E-state index is 0.0945. The second-order valence-corrected chi connectivity index (χ2v) is 4.37. The van der Waals surface area contributed by atoms with Crippen LogP contribution in [-0.4, -0.2) is 36.2 Å². The van der Waals surface area contributed by atoms with Gasteiger partial charge in [0.25, 0.3) is 5.69 Å². The molecule has 0 aromatic carbocycles. The molecule has 0 aliphatic rings. The molecule has 0 spiro atoms. The summed E-state index contributed by atoms with van der Waals surface area (Å²) in [6.45, 7) is 1.69. The Bertz CT molecular complexity index is 656. The number of aromatic carboxylic acids is 1. The van der Waals surface area contributed by atoms with Gasteiger partial charge in [-0.15, -0.1) is 5.10 Å². The van der Waals surface area contributed by atoms with E-state index < -0.39 is 10.9 Å². The average molecular weight is 281 g/mol. The molecule has 0 unspecified atom stereocenters. The van der Waals surface area contributed by atoms with Crippen molar-refractivity contribution >= 4 is 23.4 Å². The summed E-state index contributed by atoms with van der Waals surface area (Å²) < 4.78 is 0. The fraction of sp³-hybridized carbons (Fsp3) is 0.111. The van der Waals surface area contributed by atoms with Crippen molar-refractivity contribution in [3.63, 3.8) is 0 Å². The van der Waals surface area contributed by atoms with Crippen LogP contribution in [-0.2, 0) is 0 Å². The lowest BCUT2D eigenvalue weighted by Gasteiger charge is -2.01. The molecule has 2 aromatic rings. The Balaban J connectivity index is 2.39. The summed E-state index contributed by atoms with van der Waals surface area (Å²) in [6.07, 6.45) is 0.994. The molecule has 19 heavy (non-hydrogen) atoms. The molecule has 2 aromatic heterocycles. The van der Waals surface area contributed by atoms with Crippen molar-refractivity contribution in [2.75, 3.05) is 0 Å².